The molecule has 1 aliphatic heterocycles. The fourth-order valence-electron chi connectivity index (χ4n) is 5.29. The Bertz CT molecular complexity index is 2180. The van der Waals surface area contributed by atoms with E-state index >= 15 is 0 Å². The quantitative estimate of drug-likeness (QED) is 0.145. The summed E-state index contributed by atoms with van der Waals surface area (Å²) in [6.07, 6.45) is 1.77. The molecule has 0 spiro atoms. The number of carbonyl (C=O) groups excluding carboxylic acids is 1. The molecule has 2 heterocycles. The molecule has 0 saturated carbocycles. The van der Waals surface area contributed by atoms with Gasteiger partial charge in [-0.2, -0.15) is 0 Å². The number of hydrogen-bond acceptors (Lipinski definition) is 7. The summed E-state index contributed by atoms with van der Waals surface area (Å²) in [6.45, 7) is 2.12. The lowest BCUT2D eigenvalue weighted by Gasteiger charge is -2.25. The molecule has 0 aliphatic carbocycles. The van der Waals surface area contributed by atoms with E-state index in [-0.39, 0.29) is 18.8 Å². The lowest BCUT2D eigenvalue weighted by molar-refractivity contribution is -0.138. The van der Waals surface area contributed by atoms with Crippen LogP contribution in [0.4, 0.5) is 0 Å². The Morgan fingerprint density at radius 3 is 2.43 bits per heavy atom. The van der Waals surface area contributed by atoms with E-state index in [9.17, 15) is 9.59 Å². The summed E-state index contributed by atoms with van der Waals surface area (Å²) >= 11 is 17.2. The first-order valence-corrected chi connectivity index (χ1v) is 16.9. The number of aromatic nitrogens is 1. The molecule has 0 saturated heterocycles. The fraction of sp³-hybridized carbons (Fsp3) is 0.139. The third-order valence-electron chi connectivity index (χ3n) is 7.43. The highest BCUT2D eigenvalue weighted by atomic mass is 79.9. The van der Waals surface area contributed by atoms with Crippen molar-refractivity contribution in [3.8, 4) is 11.5 Å². The van der Waals surface area contributed by atoms with Crippen molar-refractivity contribution in [3.05, 3.63) is 153 Å². The van der Waals surface area contributed by atoms with E-state index in [1.165, 1.54) is 11.3 Å². The molecule has 0 bridgehead atoms. The predicted octanol–water partition coefficient (Wildman–Crippen LogP) is 7.59. The zero-order chi connectivity index (χ0) is 33.1. The number of methoxy groups -OCH3 is 1. The van der Waals surface area contributed by atoms with E-state index < -0.39 is 12.0 Å². The van der Waals surface area contributed by atoms with Crippen LogP contribution in [-0.2, 0) is 16.1 Å². The van der Waals surface area contributed by atoms with E-state index in [2.05, 4.69) is 15.9 Å². The van der Waals surface area contributed by atoms with Gasteiger partial charge in [-0.05, 0) is 64.3 Å². The van der Waals surface area contributed by atoms with Crippen LogP contribution in [0.1, 0.15) is 35.2 Å². The molecule has 1 atom stereocenters. The van der Waals surface area contributed by atoms with Crippen LogP contribution in [0.25, 0.3) is 11.8 Å². The Kier molecular flexibility index (Phi) is 9.98. The van der Waals surface area contributed by atoms with Crippen LogP contribution in [-0.4, -0.2) is 24.3 Å². The molecule has 1 aliphatic rings. The summed E-state index contributed by atoms with van der Waals surface area (Å²) in [6, 6.07) is 27.0. The number of thiazole rings is 1. The Hall–Kier alpha value is -4.15. The molecule has 238 valence electrons. The SMILES string of the molecule is CCOC(=O)C1=C(c2ccccc2)N=c2s/c(=C\c3cc(Br)c(OCc4ccc(Cl)cc4Cl)c(OC)c3)c(=O)n2[C@H]1c1ccccc1. The van der Waals surface area contributed by atoms with Gasteiger partial charge in [-0.15, -0.1) is 0 Å². The number of ether oxygens (including phenoxy) is 3. The number of rotatable bonds is 9. The van der Waals surface area contributed by atoms with Gasteiger partial charge in [-0.25, -0.2) is 9.79 Å². The highest BCUT2D eigenvalue weighted by Gasteiger charge is 2.35. The average Bonchev–Trinajstić information content (AvgIpc) is 3.38. The molecular formula is C36H27BrCl2N2O5S. The normalized spacial score (nSPS) is 14.4. The minimum atomic E-state index is -0.749. The molecule has 1 aromatic heterocycles. The number of hydrogen-bond donors (Lipinski definition) is 0. The summed E-state index contributed by atoms with van der Waals surface area (Å²) in [5.74, 6) is 0.414. The number of nitrogens with zero attached hydrogens (tertiary/aromatic N) is 2. The molecule has 0 N–H and O–H groups in total. The maximum Gasteiger partial charge on any atom is 0.338 e. The van der Waals surface area contributed by atoms with Crippen LogP contribution in [0, 0.1) is 0 Å². The van der Waals surface area contributed by atoms with E-state index in [0.717, 1.165) is 16.7 Å². The number of benzene rings is 4. The van der Waals surface area contributed by atoms with Gasteiger partial charge in [0.15, 0.2) is 16.3 Å². The van der Waals surface area contributed by atoms with Gasteiger partial charge in [0.2, 0.25) is 0 Å². The van der Waals surface area contributed by atoms with Gasteiger partial charge >= 0.3 is 5.97 Å². The zero-order valence-corrected chi connectivity index (χ0v) is 29.1. The van der Waals surface area contributed by atoms with Gasteiger partial charge in [-0.3, -0.25) is 9.36 Å². The van der Waals surface area contributed by atoms with Crippen molar-refractivity contribution >= 4 is 68.2 Å². The highest BCUT2D eigenvalue weighted by molar-refractivity contribution is 9.10. The van der Waals surface area contributed by atoms with E-state index in [0.29, 0.717) is 52.2 Å². The first kappa shape index (κ1) is 32.8. The molecule has 0 fully saturated rings. The summed E-state index contributed by atoms with van der Waals surface area (Å²) in [7, 11) is 1.55. The third kappa shape index (κ3) is 6.80. The Morgan fingerprint density at radius 2 is 1.74 bits per heavy atom. The lowest BCUT2D eigenvalue weighted by Crippen LogP contribution is -2.39. The van der Waals surface area contributed by atoms with Gasteiger partial charge in [-0.1, -0.05) is 101 Å². The third-order valence-corrected chi connectivity index (χ3v) is 9.58. The average molecular weight is 750 g/mol. The Morgan fingerprint density at radius 1 is 1.02 bits per heavy atom. The molecule has 6 rings (SSSR count). The zero-order valence-electron chi connectivity index (χ0n) is 25.2. The number of carbonyl (C=O) groups is 1. The van der Waals surface area contributed by atoms with E-state index in [1.807, 2.05) is 66.7 Å². The van der Waals surface area contributed by atoms with Crippen LogP contribution in [0.15, 0.2) is 111 Å². The molecule has 5 aromatic rings. The summed E-state index contributed by atoms with van der Waals surface area (Å²) in [4.78, 5) is 33.2. The maximum atomic E-state index is 14.2. The van der Waals surface area contributed by atoms with Crippen LogP contribution in [0.5, 0.6) is 11.5 Å². The second-order valence-electron chi connectivity index (χ2n) is 10.4. The first-order chi connectivity index (χ1) is 22.8. The molecule has 47 heavy (non-hydrogen) atoms. The van der Waals surface area contributed by atoms with Crippen LogP contribution < -0.4 is 24.4 Å². The minimum Gasteiger partial charge on any atom is -0.493 e. The maximum absolute atomic E-state index is 14.2. The second kappa shape index (κ2) is 14.3. The standard InChI is InChI=1S/C36H27BrCl2N2O5S/c1-3-45-35(43)30-31(22-10-6-4-7-11-22)40-36-41(32(30)23-12-8-5-9-13-23)34(42)29(47-36)18-21-16-26(37)33(28(17-21)44-2)46-20-24-14-15-25(38)19-27(24)39/h4-19,32H,3,20H2,1-2H3/b29-18-/t32-/m0/s1. The van der Waals surface area contributed by atoms with Crippen LogP contribution in [0.3, 0.4) is 0 Å². The van der Waals surface area contributed by atoms with Crippen molar-refractivity contribution in [1.29, 1.82) is 0 Å². The molecule has 11 heteroatoms. The van der Waals surface area contributed by atoms with E-state index in [4.69, 9.17) is 42.4 Å². The van der Waals surface area contributed by atoms with Crippen molar-refractivity contribution in [2.24, 2.45) is 4.99 Å². The highest BCUT2D eigenvalue weighted by Crippen LogP contribution is 2.38. The lowest BCUT2D eigenvalue weighted by atomic mass is 9.93. The molecule has 0 radical (unpaired) electrons. The Labute approximate surface area is 293 Å². The van der Waals surface area contributed by atoms with Gasteiger partial charge in [0.25, 0.3) is 5.56 Å². The molecular weight excluding hydrogens is 723 g/mol. The van der Waals surface area contributed by atoms with Gasteiger partial charge in [0, 0.05) is 21.2 Å². The molecule has 0 amide bonds. The van der Waals surface area contributed by atoms with E-state index in [1.54, 1.807) is 48.9 Å². The molecule has 0 unspecified atom stereocenters. The van der Waals surface area contributed by atoms with Crippen molar-refractivity contribution in [3.63, 3.8) is 0 Å². The number of halogens is 3. The minimum absolute atomic E-state index is 0.180. The molecule has 7 nitrogen and oxygen atoms in total. The number of esters is 1. The summed E-state index contributed by atoms with van der Waals surface area (Å²) in [5.41, 5.74) is 3.45. The molecule has 4 aromatic carbocycles. The van der Waals surface area contributed by atoms with Gasteiger partial charge < -0.3 is 14.2 Å². The van der Waals surface area contributed by atoms with Gasteiger partial charge in [0.1, 0.15) is 6.61 Å². The Balaban J connectivity index is 1.47. The van der Waals surface area contributed by atoms with Crippen molar-refractivity contribution in [1.82, 2.24) is 4.57 Å². The fourth-order valence-corrected chi connectivity index (χ4v) is 7.33. The van der Waals surface area contributed by atoms with Gasteiger partial charge in [0.05, 0.1) is 40.0 Å². The first-order valence-electron chi connectivity index (χ1n) is 14.6. The number of fused-ring (bicyclic) bond motifs is 1. The van der Waals surface area contributed by atoms with Crippen molar-refractivity contribution < 1.29 is 19.0 Å². The summed E-state index contributed by atoms with van der Waals surface area (Å²) in [5, 5.41) is 1.03. The van der Waals surface area contributed by atoms with Crippen LogP contribution in [0.2, 0.25) is 10.0 Å². The van der Waals surface area contributed by atoms with Crippen LogP contribution >= 0.6 is 50.5 Å². The monoisotopic (exact) mass is 748 g/mol. The summed E-state index contributed by atoms with van der Waals surface area (Å²) < 4.78 is 19.9. The van der Waals surface area contributed by atoms with Crippen molar-refractivity contribution in [2.45, 2.75) is 19.6 Å². The largest absolute Gasteiger partial charge is 0.493 e. The second-order valence-corrected chi connectivity index (χ2v) is 13.1. The topological polar surface area (TPSA) is 79.1 Å². The van der Waals surface area contributed by atoms with Crippen molar-refractivity contribution in [2.75, 3.05) is 13.7 Å². The predicted molar refractivity (Wildman–Crippen MR) is 189 cm³/mol. The smallest absolute Gasteiger partial charge is 0.338 e.